The van der Waals surface area contributed by atoms with E-state index in [-0.39, 0.29) is 12.5 Å². The lowest BCUT2D eigenvalue weighted by atomic mass is 10.3. The van der Waals surface area contributed by atoms with Crippen molar-refractivity contribution in [2.75, 3.05) is 30.3 Å². The zero-order valence-electron chi connectivity index (χ0n) is 13.0. The first-order chi connectivity index (χ1) is 10.7. The van der Waals surface area contributed by atoms with Gasteiger partial charge in [0.2, 0.25) is 5.91 Å². The summed E-state index contributed by atoms with van der Waals surface area (Å²) in [6.45, 7) is 5.71. The number of amides is 1. The predicted molar refractivity (Wildman–Crippen MR) is 90.4 cm³/mol. The van der Waals surface area contributed by atoms with E-state index in [9.17, 15) is 4.79 Å². The minimum atomic E-state index is 0.0940. The zero-order chi connectivity index (χ0) is 15.8. The van der Waals surface area contributed by atoms with Gasteiger partial charge in [-0.2, -0.15) is 0 Å². The second-order valence-electron chi connectivity index (χ2n) is 4.84. The number of carbonyl (C=O) groups is 1. The molecule has 116 valence electrons. The van der Waals surface area contributed by atoms with Gasteiger partial charge in [0.1, 0.15) is 5.82 Å². The van der Waals surface area contributed by atoms with Gasteiger partial charge in [-0.15, -0.1) is 0 Å². The third-order valence-electron chi connectivity index (χ3n) is 3.37. The van der Waals surface area contributed by atoms with Crippen LogP contribution in [0.3, 0.4) is 0 Å². The molecule has 2 aromatic rings. The van der Waals surface area contributed by atoms with Gasteiger partial charge in [-0.1, -0.05) is 18.2 Å². The van der Waals surface area contributed by atoms with Gasteiger partial charge in [0.05, 0.1) is 18.4 Å². The minimum absolute atomic E-state index is 0.0940. The van der Waals surface area contributed by atoms with Gasteiger partial charge in [-0.25, -0.2) is 4.98 Å². The fraction of sp³-hybridized carbons (Fsp3) is 0.294. The molecule has 0 aliphatic carbocycles. The van der Waals surface area contributed by atoms with Gasteiger partial charge in [0.25, 0.3) is 0 Å². The summed E-state index contributed by atoms with van der Waals surface area (Å²) < 4.78 is 0. The summed E-state index contributed by atoms with van der Waals surface area (Å²) in [5.74, 6) is 0.864. The molecule has 0 aliphatic rings. The van der Waals surface area contributed by atoms with Crippen molar-refractivity contribution in [3.05, 3.63) is 48.7 Å². The Labute approximate surface area is 131 Å². The molecule has 0 saturated carbocycles. The Morgan fingerprint density at radius 2 is 1.77 bits per heavy atom. The van der Waals surface area contributed by atoms with E-state index in [1.54, 1.807) is 11.1 Å². The predicted octanol–water partition coefficient (Wildman–Crippen LogP) is 3.11. The van der Waals surface area contributed by atoms with Crippen molar-refractivity contribution in [1.29, 1.82) is 0 Å². The lowest BCUT2D eigenvalue weighted by molar-refractivity contribution is -0.128. The number of carbonyl (C=O) groups excluding carboxylic acids is 1. The van der Waals surface area contributed by atoms with Crippen molar-refractivity contribution >= 4 is 23.1 Å². The molecule has 0 radical (unpaired) electrons. The average Bonchev–Trinajstić information content (AvgIpc) is 2.56. The highest BCUT2D eigenvalue weighted by Crippen LogP contribution is 2.15. The summed E-state index contributed by atoms with van der Waals surface area (Å²) in [5.41, 5.74) is 1.83. The first kappa shape index (κ1) is 15.8. The normalized spacial score (nSPS) is 10.1. The van der Waals surface area contributed by atoms with E-state index in [0.29, 0.717) is 0 Å². The summed E-state index contributed by atoms with van der Waals surface area (Å²) in [4.78, 5) is 18.1. The summed E-state index contributed by atoms with van der Waals surface area (Å²) in [5, 5.41) is 6.32. The molecule has 0 unspecified atom stereocenters. The Morgan fingerprint density at radius 1 is 1.05 bits per heavy atom. The van der Waals surface area contributed by atoms with E-state index >= 15 is 0 Å². The van der Waals surface area contributed by atoms with E-state index in [1.165, 1.54) is 0 Å². The number of aromatic nitrogens is 1. The molecule has 1 amide bonds. The average molecular weight is 298 g/mol. The Kier molecular flexibility index (Phi) is 5.77. The topological polar surface area (TPSA) is 57.3 Å². The molecule has 22 heavy (non-hydrogen) atoms. The van der Waals surface area contributed by atoms with Crippen LogP contribution in [0, 0.1) is 0 Å². The number of nitrogens with one attached hydrogen (secondary N) is 2. The van der Waals surface area contributed by atoms with Crippen LogP contribution >= 0.6 is 0 Å². The summed E-state index contributed by atoms with van der Waals surface area (Å²) in [6.07, 6.45) is 1.72. The van der Waals surface area contributed by atoms with Crippen LogP contribution in [0.5, 0.6) is 0 Å². The molecule has 1 aromatic heterocycles. The highest BCUT2D eigenvalue weighted by Gasteiger charge is 2.08. The van der Waals surface area contributed by atoms with Crippen molar-refractivity contribution in [2.45, 2.75) is 13.8 Å². The van der Waals surface area contributed by atoms with Crippen molar-refractivity contribution < 1.29 is 4.79 Å². The maximum absolute atomic E-state index is 11.9. The Bertz CT molecular complexity index is 579. The maximum Gasteiger partial charge on any atom is 0.241 e. The van der Waals surface area contributed by atoms with E-state index in [2.05, 4.69) is 15.6 Å². The molecule has 0 bridgehead atoms. The van der Waals surface area contributed by atoms with Crippen LogP contribution in [0.15, 0.2) is 48.7 Å². The zero-order valence-corrected chi connectivity index (χ0v) is 13.0. The van der Waals surface area contributed by atoms with Gasteiger partial charge in [-0.3, -0.25) is 4.79 Å². The number of hydrogen-bond donors (Lipinski definition) is 2. The molecule has 2 rings (SSSR count). The summed E-state index contributed by atoms with van der Waals surface area (Å²) in [6, 6.07) is 13.7. The Balaban J connectivity index is 1.88. The van der Waals surface area contributed by atoms with Gasteiger partial charge in [-0.05, 0) is 38.1 Å². The molecule has 0 saturated heterocycles. The molecule has 5 nitrogen and oxygen atoms in total. The van der Waals surface area contributed by atoms with Crippen LogP contribution in [-0.4, -0.2) is 35.4 Å². The minimum Gasteiger partial charge on any atom is -0.375 e. The Morgan fingerprint density at radius 3 is 2.36 bits per heavy atom. The standard InChI is InChI=1S/C17H22N4O/c1-3-21(4-2)17(22)13-18-15-10-11-16(19-12-15)20-14-8-6-5-7-9-14/h5-12,18H,3-4,13H2,1-2H3,(H,19,20). The fourth-order valence-electron chi connectivity index (χ4n) is 2.11. The van der Waals surface area contributed by atoms with Crippen LogP contribution in [0.25, 0.3) is 0 Å². The summed E-state index contributed by atoms with van der Waals surface area (Å²) >= 11 is 0. The largest absolute Gasteiger partial charge is 0.375 e. The number of benzene rings is 1. The van der Waals surface area contributed by atoms with Crippen LogP contribution in [0.4, 0.5) is 17.2 Å². The van der Waals surface area contributed by atoms with Crippen molar-refractivity contribution in [1.82, 2.24) is 9.88 Å². The second kappa shape index (κ2) is 8.02. The number of nitrogens with zero attached hydrogens (tertiary/aromatic N) is 2. The first-order valence-electron chi connectivity index (χ1n) is 7.52. The van der Waals surface area contributed by atoms with Crippen LogP contribution in [0.2, 0.25) is 0 Å². The molecule has 1 heterocycles. The monoisotopic (exact) mass is 298 g/mol. The van der Waals surface area contributed by atoms with E-state index in [0.717, 1.165) is 30.3 Å². The number of pyridine rings is 1. The molecule has 0 fully saturated rings. The highest BCUT2D eigenvalue weighted by atomic mass is 16.2. The van der Waals surface area contributed by atoms with Gasteiger partial charge >= 0.3 is 0 Å². The van der Waals surface area contributed by atoms with Crippen LogP contribution in [0.1, 0.15) is 13.8 Å². The number of rotatable bonds is 7. The SMILES string of the molecule is CCN(CC)C(=O)CNc1ccc(Nc2ccccc2)nc1. The molecule has 1 aromatic carbocycles. The molecular formula is C17H22N4O. The molecule has 2 N–H and O–H groups in total. The van der Waals surface area contributed by atoms with Gasteiger partial charge in [0.15, 0.2) is 0 Å². The molecule has 5 heteroatoms. The molecule has 0 atom stereocenters. The molecule has 0 aliphatic heterocycles. The lowest BCUT2D eigenvalue weighted by Crippen LogP contribution is -2.35. The lowest BCUT2D eigenvalue weighted by Gasteiger charge is -2.19. The number of likely N-dealkylation sites (N-methyl/N-ethyl adjacent to an activating group) is 1. The van der Waals surface area contributed by atoms with E-state index < -0.39 is 0 Å². The fourth-order valence-corrected chi connectivity index (χ4v) is 2.11. The number of hydrogen-bond acceptors (Lipinski definition) is 4. The van der Waals surface area contributed by atoms with Gasteiger partial charge < -0.3 is 15.5 Å². The number of para-hydroxylation sites is 1. The second-order valence-corrected chi connectivity index (χ2v) is 4.84. The highest BCUT2D eigenvalue weighted by molar-refractivity contribution is 5.80. The van der Waals surface area contributed by atoms with Crippen molar-refractivity contribution in [3.63, 3.8) is 0 Å². The quantitative estimate of drug-likeness (QED) is 0.824. The van der Waals surface area contributed by atoms with Crippen molar-refractivity contribution in [3.8, 4) is 0 Å². The van der Waals surface area contributed by atoms with Crippen LogP contribution in [-0.2, 0) is 4.79 Å². The smallest absolute Gasteiger partial charge is 0.241 e. The van der Waals surface area contributed by atoms with E-state index in [4.69, 9.17) is 0 Å². The molecular weight excluding hydrogens is 276 g/mol. The first-order valence-corrected chi connectivity index (χ1v) is 7.52. The molecule has 0 spiro atoms. The third kappa shape index (κ3) is 4.48. The number of anilines is 3. The van der Waals surface area contributed by atoms with E-state index in [1.807, 2.05) is 56.3 Å². The van der Waals surface area contributed by atoms with Crippen LogP contribution < -0.4 is 10.6 Å². The maximum atomic E-state index is 11.9. The third-order valence-corrected chi connectivity index (χ3v) is 3.37. The van der Waals surface area contributed by atoms with Crippen molar-refractivity contribution in [2.24, 2.45) is 0 Å². The van der Waals surface area contributed by atoms with Gasteiger partial charge in [0, 0.05) is 18.8 Å². The Hall–Kier alpha value is -2.56. The summed E-state index contributed by atoms with van der Waals surface area (Å²) in [7, 11) is 0.